The lowest BCUT2D eigenvalue weighted by Gasteiger charge is -2.15. The molecule has 2 N–H and O–H groups in total. The van der Waals surface area contributed by atoms with Gasteiger partial charge < -0.3 is 10.5 Å². The van der Waals surface area contributed by atoms with Gasteiger partial charge in [-0.2, -0.15) is 0 Å². The van der Waals surface area contributed by atoms with E-state index in [0.29, 0.717) is 12.4 Å². The van der Waals surface area contributed by atoms with Gasteiger partial charge in [-0.25, -0.2) is 0 Å². The molecule has 1 aromatic rings. The quantitative estimate of drug-likeness (QED) is 0.836. The highest BCUT2D eigenvalue weighted by Crippen LogP contribution is 2.25. The minimum absolute atomic E-state index is 0.0218. The van der Waals surface area contributed by atoms with Crippen molar-refractivity contribution in [1.82, 2.24) is 0 Å². The summed E-state index contributed by atoms with van der Waals surface area (Å²) in [7, 11) is -0.872. The van der Waals surface area contributed by atoms with Crippen LogP contribution in [-0.2, 0) is 16.6 Å². The van der Waals surface area contributed by atoms with Gasteiger partial charge in [0, 0.05) is 27.7 Å². The fraction of sp³-hybridized carbons (Fsp3) is 0.600. The molecular formula is C15H25NO2S. The summed E-state index contributed by atoms with van der Waals surface area (Å²) in [6, 6.07) is 5.92. The van der Waals surface area contributed by atoms with E-state index in [2.05, 4.69) is 6.92 Å². The molecule has 19 heavy (non-hydrogen) atoms. The standard InChI is InChI=1S/C15H25NO2S/c1-5-11(3)19(17)10-14-9-13(12(4)16)7-8-15(14)18-6-2/h7-9,11-12H,5-6,10,16H2,1-4H3. The Hall–Kier alpha value is -0.870. The summed E-state index contributed by atoms with van der Waals surface area (Å²) in [5.41, 5.74) is 7.96. The van der Waals surface area contributed by atoms with Crippen molar-refractivity contribution in [1.29, 1.82) is 0 Å². The summed E-state index contributed by atoms with van der Waals surface area (Å²) in [5, 5.41) is 0.202. The van der Waals surface area contributed by atoms with Crippen LogP contribution in [0.1, 0.15) is 51.3 Å². The van der Waals surface area contributed by atoms with Crippen LogP contribution >= 0.6 is 0 Å². The third-order valence-corrected chi connectivity index (χ3v) is 5.06. The summed E-state index contributed by atoms with van der Waals surface area (Å²) in [6.45, 7) is 8.59. The van der Waals surface area contributed by atoms with Gasteiger partial charge in [0.05, 0.1) is 12.4 Å². The highest BCUT2D eigenvalue weighted by molar-refractivity contribution is 7.84. The van der Waals surface area contributed by atoms with E-state index in [0.717, 1.165) is 23.3 Å². The Kier molecular flexibility index (Phi) is 6.52. The Morgan fingerprint density at radius 3 is 2.53 bits per heavy atom. The van der Waals surface area contributed by atoms with Gasteiger partial charge in [0.1, 0.15) is 5.75 Å². The van der Waals surface area contributed by atoms with Crippen molar-refractivity contribution >= 4 is 10.8 Å². The highest BCUT2D eigenvalue weighted by Gasteiger charge is 2.14. The topological polar surface area (TPSA) is 52.3 Å². The lowest BCUT2D eigenvalue weighted by molar-refractivity contribution is 0.337. The number of hydrogen-bond acceptors (Lipinski definition) is 3. The van der Waals surface area contributed by atoms with Crippen LogP contribution in [0, 0.1) is 0 Å². The lowest BCUT2D eigenvalue weighted by atomic mass is 10.1. The third kappa shape index (κ3) is 4.62. The van der Waals surface area contributed by atoms with Crippen LogP contribution < -0.4 is 10.5 Å². The van der Waals surface area contributed by atoms with Crippen molar-refractivity contribution in [2.45, 2.75) is 51.2 Å². The number of benzene rings is 1. The maximum Gasteiger partial charge on any atom is 0.123 e. The number of ether oxygens (including phenoxy) is 1. The number of nitrogens with two attached hydrogens (primary N) is 1. The zero-order valence-corrected chi connectivity index (χ0v) is 13.1. The molecule has 3 unspecified atom stereocenters. The normalized spacial score (nSPS) is 15.8. The zero-order valence-electron chi connectivity index (χ0n) is 12.3. The molecule has 0 spiro atoms. The summed E-state index contributed by atoms with van der Waals surface area (Å²) in [4.78, 5) is 0. The van der Waals surface area contributed by atoms with Gasteiger partial charge in [0.15, 0.2) is 0 Å². The van der Waals surface area contributed by atoms with Gasteiger partial charge >= 0.3 is 0 Å². The summed E-state index contributed by atoms with van der Waals surface area (Å²) >= 11 is 0. The number of hydrogen-bond donors (Lipinski definition) is 1. The second-order valence-electron chi connectivity index (χ2n) is 4.83. The SMILES string of the molecule is CCOc1ccc(C(C)N)cc1CS(=O)C(C)CC. The molecule has 0 aliphatic heterocycles. The third-order valence-electron chi connectivity index (χ3n) is 3.23. The molecule has 0 saturated heterocycles. The van der Waals surface area contributed by atoms with Crippen LogP contribution in [0.3, 0.4) is 0 Å². The molecule has 0 radical (unpaired) electrons. The lowest BCUT2D eigenvalue weighted by Crippen LogP contribution is -2.13. The Morgan fingerprint density at radius 1 is 1.32 bits per heavy atom. The van der Waals surface area contributed by atoms with Crippen LogP contribution in [-0.4, -0.2) is 16.1 Å². The molecule has 3 atom stereocenters. The van der Waals surface area contributed by atoms with Crippen molar-refractivity contribution in [3.8, 4) is 5.75 Å². The molecule has 1 aromatic carbocycles. The molecule has 0 aliphatic carbocycles. The van der Waals surface area contributed by atoms with Gasteiger partial charge in [-0.15, -0.1) is 0 Å². The molecule has 0 aliphatic rings. The van der Waals surface area contributed by atoms with Gasteiger partial charge in [-0.1, -0.05) is 19.9 Å². The Bertz CT molecular complexity index is 432. The maximum atomic E-state index is 12.2. The van der Waals surface area contributed by atoms with E-state index in [9.17, 15) is 4.21 Å². The van der Waals surface area contributed by atoms with Gasteiger partial charge in [-0.3, -0.25) is 4.21 Å². The predicted octanol–water partition coefficient (Wildman–Crippen LogP) is 3.15. The largest absolute Gasteiger partial charge is 0.494 e. The molecule has 0 fully saturated rings. The van der Waals surface area contributed by atoms with E-state index < -0.39 is 10.8 Å². The first-order valence-corrected chi connectivity index (χ1v) is 8.26. The van der Waals surface area contributed by atoms with Gasteiger partial charge in [-0.05, 0) is 38.0 Å². The van der Waals surface area contributed by atoms with Crippen LogP contribution in [0.5, 0.6) is 5.75 Å². The first kappa shape index (κ1) is 16.2. The first-order valence-electron chi connectivity index (χ1n) is 6.87. The summed E-state index contributed by atoms with van der Waals surface area (Å²) in [5.74, 6) is 1.36. The average molecular weight is 283 g/mol. The van der Waals surface area contributed by atoms with Gasteiger partial charge in [0.2, 0.25) is 0 Å². The number of rotatable bonds is 7. The Labute approximate surface area is 119 Å². The van der Waals surface area contributed by atoms with Crippen LogP contribution in [0.4, 0.5) is 0 Å². The highest BCUT2D eigenvalue weighted by atomic mass is 32.2. The van der Waals surface area contributed by atoms with Crippen LogP contribution in [0.25, 0.3) is 0 Å². The molecule has 108 valence electrons. The minimum Gasteiger partial charge on any atom is -0.494 e. The smallest absolute Gasteiger partial charge is 0.123 e. The zero-order chi connectivity index (χ0) is 14.4. The predicted molar refractivity (Wildman–Crippen MR) is 81.8 cm³/mol. The summed E-state index contributed by atoms with van der Waals surface area (Å²) in [6.07, 6.45) is 0.920. The second kappa shape index (κ2) is 7.65. The molecule has 1 rings (SSSR count). The van der Waals surface area contributed by atoms with E-state index in [1.54, 1.807) is 0 Å². The molecule has 0 aromatic heterocycles. The van der Waals surface area contributed by atoms with E-state index in [1.165, 1.54) is 0 Å². The van der Waals surface area contributed by atoms with Crippen molar-refractivity contribution in [3.63, 3.8) is 0 Å². The van der Waals surface area contributed by atoms with E-state index in [4.69, 9.17) is 10.5 Å². The first-order chi connectivity index (χ1) is 8.99. The van der Waals surface area contributed by atoms with E-state index in [-0.39, 0.29) is 11.3 Å². The van der Waals surface area contributed by atoms with E-state index >= 15 is 0 Å². The van der Waals surface area contributed by atoms with Gasteiger partial charge in [0.25, 0.3) is 0 Å². The molecule has 0 heterocycles. The van der Waals surface area contributed by atoms with Crippen molar-refractivity contribution in [3.05, 3.63) is 29.3 Å². The fourth-order valence-electron chi connectivity index (χ4n) is 1.77. The molecule has 0 bridgehead atoms. The Morgan fingerprint density at radius 2 is 2.00 bits per heavy atom. The van der Waals surface area contributed by atoms with E-state index in [1.807, 2.05) is 39.0 Å². The maximum absolute atomic E-state index is 12.2. The Balaban J connectivity index is 3.00. The molecule has 0 saturated carbocycles. The monoisotopic (exact) mass is 283 g/mol. The van der Waals surface area contributed by atoms with Crippen molar-refractivity contribution in [2.75, 3.05) is 6.61 Å². The minimum atomic E-state index is -0.872. The average Bonchev–Trinajstić information content (AvgIpc) is 2.39. The van der Waals surface area contributed by atoms with Crippen LogP contribution in [0.2, 0.25) is 0 Å². The second-order valence-corrected chi connectivity index (χ2v) is 6.69. The fourth-order valence-corrected chi connectivity index (χ4v) is 2.96. The molecule has 3 nitrogen and oxygen atoms in total. The molecule has 0 amide bonds. The van der Waals surface area contributed by atoms with Crippen LogP contribution in [0.15, 0.2) is 18.2 Å². The van der Waals surface area contributed by atoms with Crippen molar-refractivity contribution in [2.24, 2.45) is 5.73 Å². The summed E-state index contributed by atoms with van der Waals surface area (Å²) < 4.78 is 17.8. The van der Waals surface area contributed by atoms with Crippen molar-refractivity contribution < 1.29 is 8.95 Å². The molecule has 4 heteroatoms. The molecular weight excluding hydrogens is 258 g/mol.